The van der Waals surface area contributed by atoms with Crippen molar-refractivity contribution in [3.05, 3.63) is 0 Å². The van der Waals surface area contributed by atoms with E-state index in [4.69, 9.17) is 10.5 Å². The normalized spacial score (nSPS) is 32.2. The first-order chi connectivity index (χ1) is 16.9. The van der Waals surface area contributed by atoms with E-state index in [2.05, 4.69) is 5.32 Å². The SMILES string of the molecule is CC(=O)[C@@H]1CCCN1C(=O)[C@H](C)NC(=O)[C@@H](N)CCCCCCCC1(O)O[C@H](CO)[C@H](O)[C@H](O)[C@H]1O. The van der Waals surface area contributed by atoms with Crippen molar-refractivity contribution in [3.8, 4) is 0 Å². The molecule has 8 atom stereocenters. The van der Waals surface area contributed by atoms with E-state index in [0.29, 0.717) is 38.6 Å². The van der Waals surface area contributed by atoms with Gasteiger partial charge in [-0.15, -0.1) is 0 Å². The lowest BCUT2D eigenvalue weighted by molar-refractivity contribution is -0.351. The van der Waals surface area contributed by atoms with E-state index in [0.717, 1.165) is 19.3 Å². The van der Waals surface area contributed by atoms with E-state index < -0.39 is 60.8 Å². The third-order valence-electron chi connectivity index (χ3n) is 7.17. The van der Waals surface area contributed by atoms with Crippen LogP contribution in [0.1, 0.15) is 71.6 Å². The van der Waals surface area contributed by atoms with Crippen LogP contribution in [0.4, 0.5) is 0 Å². The highest BCUT2D eigenvalue weighted by atomic mass is 16.7. The average molecular weight is 518 g/mol. The number of nitrogens with two attached hydrogens (primary N) is 1. The molecule has 2 aliphatic heterocycles. The maximum Gasteiger partial charge on any atom is 0.245 e. The lowest BCUT2D eigenvalue weighted by Gasteiger charge is -2.45. The van der Waals surface area contributed by atoms with Crippen molar-refractivity contribution in [1.82, 2.24) is 10.2 Å². The monoisotopic (exact) mass is 517 g/mol. The molecular formula is C24H43N3O9. The summed E-state index contributed by atoms with van der Waals surface area (Å²) in [5.74, 6) is -2.81. The zero-order valence-electron chi connectivity index (χ0n) is 21.2. The fourth-order valence-corrected chi connectivity index (χ4v) is 4.92. The summed E-state index contributed by atoms with van der Waals surface area (Å²) in [5, 5.41) is 52.2. The molecule has 208 valence electrons. The summed E-state index contributed by atoms with van der Waals surface area (Å²) in [7, 11) is 0. The predicted molar refractivity (Wildman–Crippen MR) is 128 cm³/mol. The number of likely N-dealkylation sites (tertiary alicyclic amines) is 1. The van der Waals surface area contributed by atoms with E-state index >= 15 is 0 Å². The molecule has 0 aromatic carbocycles. The Hall–Kier alpha value is -1.67. The number of carbonyl (C=O) groups is 3. The van der Waals surface area contributed by atoms with Crippen LogP contribution in [0.15, 0.2) is 0 Å². The third kappa shape index (κ3) is 7.67. The van der Waals surface area contributed by atoms with Crippen LogP contribution >= 0.6 is 0 Å². The first-order valence-corrected chi connectivity index (χ1v) is 12.8. The minimum Gasteiger partial charge on any atom is -0.394 e. The summed E-state index contributed by atoms with van der Waals surface area (Å²) in [6.45, 7) is 2.95. The van der Waals surface area contributed by atoms with Crippen LogP contribution in [-0.2, 0) is 19.1 Å². The molecule has 2 saturated heterocycles. The van der Waals surface area contributed by atoms with Gasteiger partial charge in [-0.05, 0) is 39.5 Å². The lowest BCUT2D eigenvalue weighted by Crippen LogP contribution is -2.65. The molecule has 1 unspecified atom stereocenters. The number of aliphatic hydroxyl groups is 5. The van der Waals surface area contributed by atoms with Gasteiger partial charge in [0.25, 0.3) is 0 Å². The second-order valence-electron chi connectivity index (χ2n) is 10.1. The van der Waals surface area contributed by atoms with Gasteiger partial charge in [0.2, 0.25) is 11.8 Å². The Bertz CT molecular complexity index is 752. The van der Waals surface area contributed by atoms with Crippen molar-refractivity contribution < 1.29 is 44.7 Å². The number of carbonyl (C=O) groups excluding carboxylic acids is 3. The number of amides is 2. The third-order valence-corrected chi connectivity index (χ3v) is 7.17. The lowest BCUT2D eigenvalue weighted by atomic mass is 9.89. The summed E-state index contributed by atoms with van der Waals surface area (Å²) in [6, 6.07) is -1.96. The Kier molecular flexibility index (Phi) is 11.7. The molecule has 2 rings (SSSR count). The van der Waals surface area contributed by atoms with Gasteiger partial charge in [-0.3, -0.25) is 14.4 Å². The summed E-state index contributed by atoms with van der Waals surface area (Å²) in [4.78, 5) is 38.3. The summed E-state index contributed by atoms with van der Waals surface area (Å²) >= 11 is 0. The zero-order chi connectivity index (χ0) is 27.0. The van der Waals surface area contributed by atoms with Crippen molar-refractivity contribution in [2.45, 2.75) is 120 Å². The number of ketones is 1. The fourth-order valence-electron chi connectivity index (χ4n) is 4.92. The second-order valence-corrected chi connectivity index (χ2v) is 10.1. The van der Waals surface area contributed by atoms with Gasteiger partial charge in [-0.1, -0.05) is 25.7 Å². The number of hydrogen-bond acceptors (Lipinski definition) is 10. The fraction of sp³-hybridized carbons (Fsp3) is 0.875. The molecule has 12 heteroatoms. The predicted octanol–water partition coefficient (Wildman–Crippen LogP) is -1.71. The molecule has 36 heavy (non-hydrogen) atoms. The smallest absolute Gasteiger partial charge is 0.245 e. The second kappa shape index (κ2) is 13.8. The van der Waals surface area contributed by atoms with Crippen molar-refractivity contribution in [1.29, 1.82) is 0 Å². The van der Waals surface area contributed by atoms with Crippen LogP contribution in [0.3, 0.4) is 0 Å². The summed E-state index contributed by atoms with van der Waals surface area (Å²) < 4.78 is 5.24. The molecule has 12 nitrogen and oxygen atoms in total. The van der Waals surface area contributed by atoms with Gasteiger partial charge in [0.1, 0.15) is 30.5 Å². The minimum atomic E-state index is -2.06. The van der Waals surface area contributed by atoms with Gasteiger partial charge in [-0.2, -0.15) is 0 Å². The molecule has 8 N–H and O–H groups in total. The minimum absolute atomic E-state index is 0.0176. The van der Waals surface area contributed by atoms with Crippen molar-refractivity contribution in [2.24, 2.45) is 5.73 Å². The van der Waals surface area contributed by atoms with Crippen LogP contribution in [0, 0.1) is 0 Å². The molecule has 0 aliphatic carbocycles. The number of nitrogens with one attached hydrogen (secondary N) is 1. The number of rotatable bonds is 13. The van der Waals surface area contributed by atoms with Crippen LogP contribution in [0.2, 0.25) is 0 Å². The van der Waals surface area contributed by atoms with Gasteiger partial charge in [-0.25, -0.2) is 0 Å². The Morgan fingerprint density at radius 3 is 2.39 bits per heavy atom. The first kappa shape index (κ1) is 30.6. The maximum absolute atomic E-state index is 12.6. The number of unbranched alkanes of at least 4 members (excludes halogenated alkanes) is 4. The van der Waals surface area contributed by atoms with Gasteiger partial charge < -0.3 is 46.2 Å². The van der Waals surface area contributed by atoms with Crippen LogP contribution in [0.5, 0.6) is 0 Å². The molecule has 0 saturated carbocycles. The standard InChI is InChI=1S/C24H43N3O9/c1-14(23(34)27-12-8-10-17(27)15(2)29)26-22(33)16(25)9-6-4-3-5-7-11-24(35)21(32)20(31)19(30)18(13-28)36-24/h14,16-21,28,30-32,35H,3-13,25H2,1-2H3,(H,26,33)/t14-,16-,17-,18+,19-,20-,21+,24?/m0/s1. The molecule has 2 fully saturated rings. The summed E-state index contributed by atoms with van der Waals surface area (Å²) in [5.41, 5.74) is 5.98. The Morgan fingerprint density at radius 1 is 1.11 bits per heavy atom. The number of ether oxygens (including phenoxy) is 1. The Balaban J connectivity index is 1.64. The number of hydrogen-bond donors (Lipinski definition) is 7. The highest BCUT2D eigenvalue weighted by molar-refractivity contribution is 5.93. The van der Waals surface area contributed by atoms with E-state index in [-0.39, 0.29) is 18.1 Å². The number of nitrogens with zero attached hydrogens (tertiary/aromatic N) is 1. The highest BCUT2D eigenvalue weighted by Crippen LogP contribution is 2.32. The number of Topliss-reactive ketones (excluding diaryl/α,β-unsaturated/α-hetero) is 1. The van der Waals surface area contributed by atoms with E-state index in [1.807, 2.05) is 0 Å². The molecule has 0 radical (unpaired) electrons. The van der Waals surface area contributed by atoms with E-state index in [1.54, 1.807) is 6.92 Å². The Morgan fingerprint density at radius 2 is 1.75 bits per heavy atom. The van der Waals surface area contributed by atoms with Crippen molar-refractivity contribution in [2.75, 3.05) is 13.2 Å². The van der Waals surface area contributed by atoms with Crippen LogP contribution in [-0.4, -0.2) is 110 Å². The molecule has 2 aliphatic rings. The Labute approximate surface area is 211 Å². The molecular weight excluding hydrogens is 474 g/mol. The molecule has 0 aromatic rings. The number of aliphatic hydroxyl groups excluding tert-OH is 4. The van der Waals surface area contributed by atoms with Gasteiger partial charge in [0.15, 0.2) is 11.6 Å². The molecule has 2 amide bonds. The summed E-state index contributed by atoms with van der Waals surface area (Å²) in [6.07, 6.45) is -0.787. The first-order valence-electron chi connectivity index (χ1n) is 12.8. The molecule has 0 aromatic heterocycles. The van der Waals surface area contributed by atoms with Crippen LogP contribution < -0.4 is 11.1 Å². The highest BCUT2D eigenvalue weighted by Gasteiger charge is 2.52. The van der Waals surface area contributed by atoms with Gasteiger partial charge in [0.05, 0.1) is 18.7 Å². The molecule has 0 spiro atoms. The average Bonchev–Trinajstić information content (AvgIpc) is 3.34. The maximum atomic E-state index is 12.6. The molecule has 0 bridgehead atoms. The zero-order valence-corrected chi connectivity index (χ0v) is 21.2. The van der Waals surface area contributed by atoms with Crippen molar-refractivity contribution in [3.63, 3.8) is 0 Å². The van der Waals surface area contributed by atoms with Crippen LogP contribution in [0.25, 0.3) is 0 Å². The molecule has 2 heterocycles. The van der Waals surface area contributed by atoms with Gasteiger partial charge in [0, 0.05) is 13.0 Å². The van der Waals surface area contributed by atoms with E-state index in [9.17, 15) is 39.9 Å². The van der Waals surface area contributed by atoms with Gasteiger partial charge >= 0.3 is 0 Å². The largest absolute Gasteiger partial charge is 0.394 e. The topological polar surface area (TPSA) is 203 Å². The quantitative estimate of drug-likeness (QED) is 0.138. The van der Waals surface area contributed by atoms with Crippen molar-refractivity contribution >= 4 is 17.6 Å². The van der Waals surface area contributed by atoms with E-state index in [1.165, 1.54) is 11.8 Å².